The molecular formula is C20H29BN2O2. The van der Waals surface area contributed by atoms with Gasteiger partial charge in [0.05, 0.1) is 22.4 Å². The summed E-state index contributed by atoms with van der Waals surface area (Å²) in [5.74, 6) is 0.626. The minimum absolute atomic E-state index is 0.312. The topological polar surface area (TPSA) is 36.3 Å². The van der Waals surface area contributed by atoms with E-state index in [4.69, 9.17) is 14.4 Å². The molecular weight excluding hydrogens is 311 g/mol. The Morgan fingerprint density at radius 1 is 1.20 bits per heavy atom. The summed E-state index contributed by atoms with van der Waals surface area (Å²) in [6, 6.07) is 7.00. The van der Waals surface area contributed by atoms with Crippen LogP contribution in [0.4, 0.5) is 0 Å². The number of hydrogen-bond acceptors (Lipinski definition) is 3. The number of hydrogen-bond donors (Lipinski definition) is 0. The highest BCUT2D eigenvalue weighted by atomic mass is 16.7. The van der Waals surface area contributed by atoms with Gasteiger partial charge in [0.15, 0.2) is 0 Å². The third kappa shape index (κ3) is 2.72. The lowest BCUT2D eigenvalue weighted by molar-refractivity contribution is 0.00578. The van der Waals surface area contributed by atoms with E-state index in [1.807, 2.05) is 0 Å². The molecule has 0 amide bonds. The van der Waals surface area contributed by atoms with Crippen molar-refractivity contribution >= 4 is 23.5 Å². The van der Waals surface area contributed by atoms with Gasteiger partial charge in [-0.2, -0.15) is 5.10 Å². The van der Waals surface area contributed by atoms with Crippen LogP contribution >= 0.6 is 0 Å². The van der Waals surface area contributed by atoms with Gasteiger partial charge in [0, 0.05) is 17.3 Å². The van der Waals surface area contributed by atoms with Gasteiger partial charge < -0.3 is 9.31 Å². The Balaban J connectivity index is 1.77. The maximum atomic E-state index is 6.24. The molecule has 0 radical (unpaired) electrons. The lowest BCUT2D eigenvalue weighted by Gasteiger charge is -2.32. The highest BCUT2D eigenvalue weighted by Crippen LogP contribution is 2.43. The van der Waals surface area contributed by atoms with E-state index in [2.05, 4.69) is 64.4 Å². The molecule has 134 valence electrons. The smallest absolute Gasteiger partial charge is 0.399 e. The summed E-state index contributed by atoms with van der Waals surface area (Å²) in [7, 11) is -0.312. The molecule has 0 N–H and O–H groups in total. The van der Waals surface area contributed by atoms with Gasteiger partial charge in [-0.1, -0.05) is 19.1 Å². The van der Waals surface area contributed by atoms with Gasteiger partial charge in [0.25, 0.3) is 0 Å². The summed E-state index contributed by atoms with van der Waals surface area (Å²) >= 11 is 0. The van der Waals surface area contributed by atoms with Crippen molar-refractivity contribution in [2.75, 3.05) is 0 Å². The van der Waals surface area contributed by atoms with Crippen LogP contribution in [-0.2, 0) is 9.31 Å². The predicted octanol–water partition coefficient (Wildman–Crippen LogP) is 4.18. The highest BCUT2D eigenvalue weighted by molar-refractivity contribution is 6.62. The largest absolute Gasteiger partial charge is 0.494 e. The van der Waals surface area contributed by atoms with Crippen molar-refractivity contribution < 1.29 is 9.31 Å². The summed E-state index contributed by atoms with van der Waals surface area (Å²) in [4.78, 5) is 0. The molecule has 2 fully saturated rings. The Morgan fingerprint density at radius 2 is 1.84 bits per heavy atom. The molecule has 2 aromatic rings. The number of benzene rings is 1. The molecule has 2 aliphatic rings. The van der Waals surface area contributed by atoms with Gasteiger partial charge in [-0.15, -0.1) is 0 Å². The first-order valence-electron chi connectivity index (χ1n) is 9.61. The first kappa shape index (κ1) is 17.1. The quantitative estimate of drug-likeness (QED) is 0.783. The minimum Gasteiger partial charge on any atom is -0.399 e. The fourth-order valence-electron chi connectivity index (χ4n) is 3.48. The number of nitrogens with zero attached hydrogens (tertiary/aromatic N) is 2. The fourth-order valence-corrected chi connectivity index (χ4v) is 3.48. The molecule has 1 saturated carbocycles. The Morgan fingerprint density at radius 3 is 2.40 bits per heavy atom. The van der Waals surface area contributed by atoms with Crippen LogP contribution < -0.4 is 5.46 Å². The molecule has 2 heterocycles. The van der Waals surface area contributed by atoms with Crippen LogP contribution in [0.25, 0.3) is 10.9 Å². The Kier molecular flexibility index (Phi) is 3.82. The molecule has 1 unspecified atom stereocenters. The summed E-state index contributed by atoms with van der Waals surface area (Å²) in [6.07, 6.45) is 3.60. The SMILES string of the molecule is CCC(C)n1nc(C2CC2)c2cc(B3OC(C)(C)C(C)(C)O3)ccc21. The summed E-state index contributed by atoms with van der Waals surface area (Å²) in [5.41, 5.74) is 2.96. The highest BCUT2D eigenvalue weighted by Gasteiger charge is 2.51. The fraction of sp³-hybridized carbons (Fsp3) is 0.650. The average Bonchev–Trinajstić information content (AvgIpc) is 3.28. The first-order valence-corrected chi connectivity index (χ1v) is 9.61. The zero-order valence-electron chi connectivity index (χ0n) is 16.3. The third-order valence-corrected chi connectivity index (χ3v) is 6.26. The zero-order chi connectivity index (χ0) is 18.0. The van der Waals surface area contributed by atoms with Crippen LogP contribution in [-0.4, -0.2) is 28.1 Å². The monoisotopic (exact) mass is 340 g/mol. The molecule has 0 bridgehead atoms. The van der Waals surface area contributed by atoms with Crippen molar-refractivity contribution in [3.8, 4) is 0 Å². The maximum Gasteiger partial charge on any atom is 0.494 e. The molecule has 4 nitrogen and oxygen atoms in total. The van der Waals surface area contributed by atoms with Gasteiger partial charge in [0.1, 0.15) is 0 Å². The van der Waals surface area contributed by atoms with Crippen LogP contribution in [0, 0.1) is 0 Å². The van der Waals surface area contributed by atoms with E-state index in [9.17, 15) is 0 Å². The van der Waals surface area contributed by atoms with Crippen LogP contribution in [0.1, 0.15) is 78.5 Å². The van der Waals surface area contributed by atoms with Crippen molar-refractivity contribution in [2.24, 2.45) is 0 Å². The lowest BCUT2D eigenvalue weighted by Crippen LogP contribution is -2.41. The van der Waals surface area contributed by atoms with Gasteiger partial charge in [0.2, 0.25) is 0 Å². The van der Waals surface area contributed by atoms with Crippen LogP contribution in [0.2, 0.25) is 0 Å². The molecule has 0 spiro atoms. The third-order valence-electron chi connectivity index (χ3n) is 6.26. The Labute approximate surface area is 151 Å². The predicted molar refractivity (Wildman–Crippen MR) is 102 cm³/mol. The van der Waals surface area contributed by atoms with E-state index in [1.54, 1.807) is 0 Å². The van der Waals surface area contributed by atoms with E-state index >= 15 is 0 Å². The van der Waals surface area contributed by atoms with E-state index in [0.717, 1.165) is 11.9 Å². The molecule has 25 heavy (non-hydrogen) atoms. The molecule has 5 heteroatoms. The van der Waals surface area contributed by atoms with Gasteiger partial charge in [-0.3, -0.25) is 4.68 Å². The minimum atomic E-state index is -0.313. The van der Waals surface area contributed by atoms with Crippen molar-refractivity contribution in [1.29, 1.82) is 0 Å². The normalized spacial score (nSPS) is 23.4. The molecule has 1 aromatic heterocycles. The first-order chi connectivity index (χ1) is 11.7. The standard InChI is InChI=1S/C20H29BN2O2/c1-7-13(2)23-17-11-10-15(12-16(17)18(22-23)14-8-9-14)21-24-19(3,4)20(5,6)25-21/h10-14H,7-9H2,1-6H3. The van der Waals surface area contributed by atoms with Crippen LogP contribution in [0.15, 0.2) is 18.2 Å². The van der Waals surface area contributed by atoms with E-state index in [1.165, 1.54) is 29.4 Å². The van der Waals surface area contributed by atoms with Gasteiger partial charge in [-0.25, -0.2) is 0 Å². The maximum absolute atomic E-state index is 6.24. The summed E-state index contributed by atoms with van der Waals surface area (Å²) in [5, 5.41) is 6.26. The summed E-state index contributed by atoms with van der Waals surface area (Å²) in [6.45, 7) is 12.9. The molecule has 1 aliphatic carbocycles. The van der Waals surface area contributed by atoms with Crippen molar-refractivity contribution in [2.45, 2.75) is 84.0 Å². The molecule has 1 saturated heterocycles. The van der Waals surface area contributed by atoms with Crippen LogP contribution in [0.3, 0.4) is 0 Å². The molecule has 4 rings (SSSR count). The van der Waals surface area contributed by atoms with E-state index in [0.29, 0.717) is 12.0 Å². The van der Waals surface area contributed by atoms with Gasteiger partial charge in [-0.05, 0) is 65.4 Å². The Bertz CT molecular complexity index is 791. The number of rotatable bonds is 4. The number of aromatic nitrogens is 2. The van der Waals surface area contributed by atoms with Gasteiger partial charge >= 0.3 is 7.12 Å². The second-order valence-electron chi connectivity index (χ2n) is 8.73. The van der Waals surface area contributed by atoms with E-state index < -0.39 is 0 Å². The Hall–Kier alpha value is -1.33. The van der Waals surface area contributed by atoms with Crippen molar-refractivity contribution in [3.63, 3.8) is 0 Å². The van der Waals surface area contributed by atoms with Crippen LogP contribution in [0.5, 0.6) is 0 Å². The second-order valence-corrected chi connectivity index (χ2v) is 8.73. The molecule has 1 atom stereocenters. The second kappa shape index (κ2) is 5.58. The van der Waals surface area contributed by atoms with Crippen molar-refractivity contribution in [3.05, 3.63) is 23.9 Å². The average molecular weight is 340 g/mol. The zero-order valence-corrected chi connectivity index (χ0v) is 16.3. The van der Waals surface area contributed by atoms with E-state index in [-0.39, 0.29) is 18.3 Å². The summed E-state index contributed by atoms with van der Waals surface area (Å²) < 4.78 is 14.7. The lowest BCUT2D eigenvalue weighted by atomic mass is 9.78. The number of fused-ring (bicyclic) bond motifs is 1. The van der Waals surface area contributed by atoms with Crippen molar-refractivity contribution in [1.82, 2.24) is 9.78 Å². The molecule has 1 aliphatic heterocycles. The molecule has 1 aromatic carbocycles.